The van der Waals surface area contributed by atoms with Crippen molar-refractivity contribution >= 4 is 34.4 Å². The van der Waals surface area contributed by atoms with Crippen molar-refractivity contribution in [3.05, 3.63) is 38.5 Å². The number of rotatable bonds is 6. The number of carbonyl (C=O) groups is 2. The van der Waals surface area contributed by atoms with Gasteiger partial charge >= 0.3 is 0 Å². The first kappa shape index (κ1) is 13.9. The van der Waals surface area contributed by atoms with Crippen LogP contribution in [0.2, 0.25) is 0 Å². The third kappa shape index (κ3) is 4.25. The van der Waals surface area contributed by atoms with Gasteiger partial charge in [-0.05, 0) is 23.9 Å². The highest BCUT2D eigenvalue weighted by Gasteiger charge is 2.08. The van der Waals surface area contributed by atoms with Crippen molar-refractivity contribution in [2.24, 2.45) is 0 Å². The Morgan fingerprint density at radius 3 is 2.84 bits per heavy atom. The molecule has 1 amide bonds. The quantitative estimate of drug-likeness (QED) is 0.832. The van der Waals surface area contributed by atoms with Crippen molar-refractivity contribution in [3.63, 3.8) is 0 Å². The number of nitrogens with one attached hydrogen (secondary N) is 1. The zero-order chi connectivity index (χ0) is 13.7. The molecule has 0 saturated heterocycles. The summed E-state index contributed by atoms with van der Waals surface area (Å²) in [6, 6.07) is 1.79. The van der Waals surface area contributed by atoms with E-state index in [-0.39, 0.29) is 11.7 Å². The second kappa shape index (κ2) is 6.58. The average Bonchev–Trinajstić information content (AvgIpc) is 3.00. The molecule has 0 saturated carbocycles. The van der Waals surface area contributed by atoms with E-state index in [1.807, 2.05) is 10.8 Å². The molecule has 0 fully saturated rings. The van der Waals surface area contributed by atoms with E-state index in [1.165, 1.54) is 18.3 Å². The van der Waals surface area contributed by atoms with Crippen LogP contribution in [0.1, 0.15) is 27.2 Å². The Balaban J connectivity index is 1.75. The Kier molecular flexibility index (Phi) is 4.81. The summed E-state index contributed by atoms with van der Waals surface area (Å²) in [5, 5.41) is 7.66. The largest absolute Gasteiger partial charge is 0.355 e. The second-order valence-corrected chi connectivity index (χ2v) is 5.97. The smallest absolute Gasteiger partial charge is 0.224 e. The van der Waals surface area contributed by atoms with E-state index in [0.29, 0.717) is 17.8 Å². The van der Waals surface area contributed by atoms with Crippen LogP contribution in [-0.4, -0.2) is 23.2 Å². The molecule has 0 atom stereocenters. The molecule has 19 heavy (non-hydrogen) atoms. The molecule has 100 valence electrons. The van der Waals surface area contributed by atoms with Crippen LogP contribution in [0.25, 0.3) is 0 Å². The number of amides is 1. The van der Waals surface area contributed by atoms with Crippen molar-refractivity contribution in [1.29, 1.82) is 0 Å². The summed E-state index contributed by atoms with van der Waals surface area (Å²) in [5.41, 5.74) is 0.891. The van der Waals surface area contributed by atoms with Gasteiger partial charge in [-0.3, -0.25) is 9.59 Å². The number of hydrogen-bond acceptors (Lipinski definition) is 5. The second-order valence-electron chi connectivity index (χ2n) is 4.08. The molecule has 0 spiro atoms. The van der Waals surface area contributed by atoms with Crippen molar-refractivity contribution in [3.8, 4) is 0 Å². The minimum Gasteiger partial charge on any atom is -0.355 e. The van der Waals surface area contributed by atoms with E-state index in [4.69, 9.17) is 0 Å². The number of nitrogens with zero attached hydrogens (tertiary/aromatic N) is 1. The van der Waals surface area contributed by atoms with Gasteiger partial charge in [-0.25, -0.2) is 4.98 Å². The Bertz CT molecular complexity index is 561. The van der Waals surface area contributed by atoms with Gasteiger partial charge in [-0.2, -0.15) is 0 Å². The van der Waals surface area contributed by atoms with Gasteiger partial charge in [0.05, 0.1) is 16.3 Å². The number of ketones is 1. The minimum atomic E-state index is -0.0236. The first-order valence-corrected chi connectivity index (χ1v) is 7.64. The summed E-state index contributed by atoms with van der Waals surface area (Å²) in [6.45, 7) is 2.12. The topological polar surface area (TPSA) is 59.1 Å². The van der Waals surface area contributed by atoms with Gasteiger partial charge in [0.1, 0.15) is 0 Å². The third-order valence-corrected chi connectivity index (χ3v) is 4.43. The molecule has 2 rings (SSSR count). The van der Waals surface area contributed by atoms with Crippen molar-refractivity contribution in [2.75, 3.05) is 6.54 Å². The molecule has 0 radical (unpaired) electrons. The normalized spacial score (nSPS) is 10.4. The van der Waals surface area contributed by atoms with Crippen LogP contribution in [0, 0.1) is 0 Å². The summed E-state index contributed by atoms with van der Waals surface area (Å²) in [4.78, 5) is 27.7. The van der Waals surface area contributed by atoms with Crippen LogP contribution in [0.15, 0.2) is 23.0 Å². The van der Waals surface area contributed by atoms with E-state index in [0.717, 1.165) is 17.0 Å². The fourth-order valence-electron chi connectivity index (χ4n) is 1.59. The highest BCUT2D eigenvalue weighted by molar-refractivity contribution is 7.12. The van der Waals surface area contributed by atoms with Gasteiger partial charge in [-0.1, -0.05) is 0 Å². The molecule has 2 heterocycles. The highest BCUT2D eigenvalue weighted by Crippen LogP contribution is 2.15. The Hall–Kier alpha value is -1.53. The van der Waals surface area contributed by atoms with Crippen LogP contribution in [-0.2, 0) is 17.6 Å². The predicted molar refractivity (Wildman–Crippen MR) is 76.9 cm³/mol. The molecular weight excluding hydrogens is 280 g/mol. The lowest BCUT2D eigenvalue weighted by molar-refractivity contribution is -0.120. The Morgan fingerprint density at radius 2 is 2.21 bits per heavy atom. The molecule has 2 aromatic rings. The first-order valence-electron chi connectivity index (χ1n) is 5.88. The molecule has 0 aliphatic carbocycles. The average molecular weight is 294 g/mol. The fourth-order valence-corrected chi connectivity index (χ4v) is 3.02. The first-order chi connectivity index (χ1) is 9.15. The van der Waals surface area contributed by atoms with Gasteiger partial charge in [-0.15, -0.1) is 22.7 Å². The molecule has 2 aromatic heterocycles. The summed E-state index contributed by atoms with van der Waals surface area (Å²) < 4.78 is 0. The third-order valence-electron chi connectivity index (χ3n) is 2.51. The van der Waals surface area contributed by atoms with E-state index in [9.17, 15) is 9.59 Å². The van der Waals surface area contributed by atoms with Crippen LogP contribution in [0.3, 0.4) is 0 Å². The maximum Gasteiger partial charge on any atom is 0.224 e. The zero-order valence-electron chi connectivity index (χ0n) is 10.5. The molecule has 0 bridgehead atoms. The molecule has 0 unspecified atom stereocenters. The molecule has 4 nitrogen and oxygen atoms in total. The summed E-state index contributed by atoms with van der Waals surface area (Å²) in [7, 11) is 0. The molecule has 1 N–H and O–H groups in total. The Labute approximate surface area is 119 Å². The van der Waals surface area contributed by atoms with Crippen molar-refractivity contribution < 1.29 is 9.59 Å². The minimum absolute atomic E-state index is 0.0236. The van der Waals surface area contributed by atoms with Gasteiger partial charge in [0.2, 0.25) is 5.91 Å². The van der Waals surface area contributed by atoms with Crippen LogP contribution in [0.4, 0.5) is 0 Å². The number of thiophene rings is 1. The summed E-state index contributed by atoms with van der Waals surface area (Å²) in [5.74, 6) is 0.0184. The Morgan fingerprint density at radius 1 is 1.37 bits per heavy atom. The van der Waals surface area contributed by atoms with Gasteiger partial charge < -0.3 is 5.32 Å². The van der Waals surface area contributed by atoms with Gasteiger partial charge in [0, 0.05) is 24.5 Å². The molecule has 0 aliphatic heterocycles. The lowest BCUT2D eigenvalue weighted by atomic mass is 10.2. The fraction of sp³-hybridized carbons (Fsp3) is 0.308. The molecule has 6 heteroatoms. The van der Waals surface area contributed by atoms with E-state index in [1.54, 1.807) is 23.6 Å². The maximum atomic E-state index is 11.7. The monoisotopic (exact) mass is 294 g/mol. The highest BCUT2D eigenvalue weighted by atomic mass is 32.1. The lowest BCUT2D eigenvalue weighted by Gasteiger charge is -2.02. The summed E-state index contributed by atoms with van der Waals surface area (Å²) >= 11 is 2.97. The van der Waals surface area contributed by atoms with Gasteiger partial charge in [0.25, 0.3) is 0 Å². The standard InChI is InChI=1S/C13H14N2O2S2/c1-9(16)11-6-10(8-19-11)7-12(17)14-3-2-13-15-4-5-18-13/h4-6,8H,2-3,7H2,1H3,(H,14,17). The maximum absolute atomic E-state index is 11.7. The van der Waals surface area contributed by atoms with Crippen LogP contribution in [0.5, 0.6) is 0 Å². The summed E-state index contributed by atoms with van der Waals surface area (Å²) in [6.07, 6.45) is 2.84. The van der Waals surface area contributed by atoms with E-state index >= 15 is 0 Å². The number of aromatic nitrogens is 1. The predicted octanol–water partition coefficient (Wildman–Crippen LogP) is 2.31. The number of Topliss-reactive ketones (excluding diaryl/α,β-unsaturated/α-hetero) is 1. The van der Waals surface area contributed by atoms with Crippen molar-refractivity contribution in [1.82, 2.24) is 10.3 Å². The molecule has 0 aromatic carbocycles. The molecule has 0 aliphatic rings. The van der Waals surface area contributed by atoms with Crippen molar-refractivity contribution in [2.45, 2.75) is 19.8 Å². The zero-order valence-corrected chi connectivity index (χ0v) is 12.1. The van der Waals surface area contributed by atoms with Crippen LogP contribution < -0.4 is 5.32 Å². The number of carbonyl (C=O) groups excluding carboxylic acids is 2. The number of hydrogen-bond donors (Lipinski definition) is 1. The van der Waals surface area contributed by atoms with Gasteiger partial charge in [0.15, 0.2) is 5.78 Å². The van der Waals surface area contributed by atoms with E-state index in [2.05, 4.69) is 10.3 Å². The van der Waals surface area contributed by atoms with Crippen LogP contribution >= 0.6 is 22.7 Å². The van der Waals surface area contributed by atoms with E-state index < -0.39 is 0 Å². The molecular formula is C13H14N2O2S2. The number of thiazole rings is 1. The lowest BCUT2D eigenvalue weighted by Crippen LogP contribution is -2.27. The SMILES string of the molecule is CC(=O)c1cc(CC(=O)NCCc2nccs2)cs1.